The van der Waals surface area contributed by atoms with Gasteiger partial charge in [0, 0.05) is 17.0 Å². The summed E-state index contributed by atoms with van der Waals surface area (Å²) in [5.41, 5.74) is 5.65. The van der Waals surface area contributed by atoms with Gasteiger partial charge < -0.3 is 5.32 Å². The molecule has 0 aliphatic heterocycles. The fourth-order valence-electron chi connectivity index (χ4n) is 3.87. The fourth-order valence-corrected chi connectivity index (χ4v) is 4.84. The molecule has 0 radical (unpaired) electrons. The maximum atomic E-state index is 13.1. The average molecular weight is 420 g/mol. The molecule has 0 saturated carbocycles. The van der Waals surface area contributed by atoms with Gasteiger partial charge >= 0.3 is 0 Å². The number of benzene rings is 2. The van der Waals surface area contributed by atoms with Crippen LogP contribution in [0.2, 0.25) is 0 Å². The fraction of sp³-hybridized carbons (Fsp3) is 0.292. The maximum Gasteiger partial charge on any atom is 0.258 e. The summed E-state index contributed by atoms with van der Waals surface area (Å²) in [7, 11) is 0. The lowest BCUT2D eigenvalue weighted by molar-refractivity contribution is -0.116. The molecule has 0 atom stereocenters. The van der Waals surface area contributed by atoms with E-state index in [1.165, 1.54) is 16.3 Å². The van der Waals surface area contributed by atoms with Crippen molar-refractivity contribution in [2.75, 3.05) is 5.32 Å². The van der Waals surface area contributed by atoms with Gasteiger partial charge in [0.25, 0.3) is 5.56 Å². The zero-order valence-corrected chi connectivity index (χ0v) is 18.1. The van der Waals surface area contributed by atoms with Crippen LogP contribution < -0.4 is 10.9 Å². The van der Waals surface area contributed by atoms with Crippen molar-refractivity contribution in [3.63, 3.8) is 0 Å². The molecular weight excluding hydrogens is 394 g/mol. The Morgan fingerprint density at radius 2 is 1.83 bits per heavy atom. The van der Waals surface area contributed by atoms with Crippen molar-refractivity contribution >= 4 is 23.4 Å². The summed E-state index contributed by atoms with van der Waals surface area (Å²) < 4.78 is 1.54. The Labute approximate surface area is 180 Å². The number of hydrogen-bond donors (Lipinski definition) is 1. The van der Waals surface area contributed by atoms with E-state index in [0.717, 1.165) is 52.9 Å². The van der Waals surface area contributed by atoms with E-state index >= 15 is 0 Å². The van der Waals surface area contributed by atoms with E-state index in [1.807, 2.05) is 44.2 Å². The lowest BCUT2D eigenvalue weighted by Gasteiger charge is -2.14. The second kappa shape index (κ2) is 8.88. The van der Waals surface area contributed by atoms with E-state index in [2.05, 4.69) is 23.5 Å². The normalized spacial score (nSPS) is 12.6. The number of fused-ring (bicyclic) bond motifs is 1. The van der Waals surface area contributed by atoms with Gasteiger partial charge in [0.2, 0.25) is 5.91 Å². The number of carbonyl (C=O) groups is 1. The third-order valence-corrected chi connectivity index (χ3v) is 6.22. The summed E-state index contributed by atoms with van der Waals surface area (Å²) in [6.45, 7) is 3.95. The highest BCUT2D eigenvalue weighted by atomic mass is 32.2. The summed E-state index contributed by atoms with van der Waals surface area (Å²) in [4.78, 5) is 30.7. The van der Waals surface area contributed by atoms with Crippen molar-refractivity contribution < 1.29 is 4.79 Å². The van der Waals surface area contributed by atoms with Crippen LogP contribution in [0.25, 0.3) is 0 Å². The number of anilines is 1. The van der Waals surface area contributed by atoms with Gasteiger partial charge in [0.15, 0.2) is 5.16 Å². The molecule has 4 rings (SSSR count). The average Bonchev–Trinajstić information content (AvgIpc) is 3.17. The van der Waals surface area contributed by atoms with Crippen LogP contribution in [0.15, 0.2) is 58.5 Å². The molecule has 154 valence electrons. The number of nitrogens with one attached hydrogen (secondary N) is 1. The topological polar surface area (TPSA) is 64.0 Å². The standard InChI is InChI=1S/C24H25N3O2S/c1-16-11-17(2)13-19(12-16)25-22(28)14-27-23(29)20-9-6-10-21(20)26-24(27)30-15-18-7-4-3-5-8-18/h3-5,7-8,11-13H,6,9-10,14-15H2,1-2H3,(H,25,28). The molecule has 3 aromatic rings. The molecule has 0 spiro atoms. The molecule has 5 nitrogen and oxygen atoms in total. The van der Waals surface area contributed by atoms with Crippen LogP contribution in [0.1, 0.15) is 34.4 Å². The predicted molar refractivity (Wildman–Crippen MR) is 121 cm³/mol. The van der Waals surface area contributed by atoms with Crippen LogP contribution in [-0.4, -0.2) is 15.5 Å². The molecular formula is C24H25N3O2S. The molecule has 0 bridgehead atoms. The van der Waals surface area contributed by atoms with Crippen molar-refractivity contribution in [2.45, 2.75) is 50.6 Å². The van der Waals surface area contributed by atoms with Crippen LogP contribution in [0.5, 0.6) is 0 Å². The summed E-state index contributed by atoms with van der Waals surface area (Å²) >= 11 is 1.51. The monoisotopic (exact) mass is 419 g/mol. The molecule has 0 unspecified atom stereocenters. The molecule has 1 N–H and O–H groups in total. The highest BCUT2D eigenvalue weighted by molar-refractivity contribution is 7.98. The van der Waals surface area contributed by atoms with E-state index < -0.39 is 0 Å². The minimum absolute atomic E-state index is 0.0385. The second-order valence-corrected chi connectivity index (χ2v) is 8.71. The smallest absolute Gasteiger partial charge is 0.258 e. The minimum Gasteiger partial charge on any atom is -0.325 e. The summed E-state index contributed by atoms with van der Waals surface area (Å²) in [5.74, 6) is 0.480. The highest BCUT2D eigenvalue weighted by Crippen LogP contribution is 2.24. The van der Waals surface area contributed by atoms with E-state index in [9.17, 15) is 9.59 Å². The van der Waals surface area contributed by atoms with Gasteiger partial charge in [0.1, 0.15) is 6.54 Å². The van der Waals surface area contributed by atoms with Gasteiger partial charge in [-0.2, -0.15) is 0 Å². The summed E-state index contributed by atoms with van der Waals surface area (Å²) in [6, 6.07) is 16.0. The van der Waals surface area contributed by atoms with Crippen molar-refractivity contribution in [1.82, 2.24) is 9.55 Å². The molecule has 1 aliphatic carbocycles. The van der Waals surface area contributed by atoms with E-state index in [1.54, 1.807) is 0 Å². The first kappa shape index (κ1) is 20.4. The Kier molecular flexibility index (Phi) is 6.04. The Hall–Kier alpha value is -2.86. The van der Waals surface area contributed by atoms with E-state index in [4.69, 9.17) is 4.98 Å². The minimum atomic E-state index is -0.219. The molecule has 0 saturated heterocycles. The van der Waals surface area contributed by atoms with Crippen LogP contribution in [-0.2, 0) is 29.9 Å². The summed E-state index contributed by atoms with van der Waals surface area (Å²) in [5, 5.41) is 3.54. The predicted octanol–water partition coefficient (Wildman–Crippen LogP) is 4.28. The van der Waals surface area contributed by atoms with E-state index in [0.29, 0.717) is 10.9 Å². The zero-order valence-electron chi connectivity index (χ0n) is 17.3. The number of aryl methyl sites for hydroxylation is 3. The molecule has 1 aliphatic rings. The first-order chi connectivity index (χ1) is 14.5. The largest absolute Gasteiger partial charge is 0.325 e. The highest BCUT2D eigenvalue weighted by Gasteiger charge is 2.22. The van der Waals surface area contributed by atoms with Crippen LogP contribution >= 0.6 is 11.8 Å². The Morgan fingerprint density at radius 3 is 2.57 bits per heavy atom. The number of amides is 1. The Morgan fingerprint density at radius 1 is 1.10 bits per heavy atom. The second-order valence-electron chi connectivity index (χ2n) is 7.76. The molecule has 30 heavy (non-hydrogen) atoms. The molecule has 0 fully saturated rings. The van der Waals surface area contributed by atoms with Gasteiger partial charge in [-0.25, -0.2) is 4.98 Å². The van der Waals surface area contributed by atoms with Gasteiger partial charge in [-0.1, -0.05) is 48.2 Å². The number of aromatic nitrogens is 2. The van der Waals surface area contributed by atoms with Crippen molar-refractivity contribution in [2.24, 2.45) is 0 Å². The molecule has 1 heterocycles. The van der Waals surface area contributed by atoms with Gasteiger partial charge in [0.05, 0.1) is 5.69 Å². The van der Waals surface area contributed by atoms with Crippen molar-refractivity contribution in [1.29, 1.82) is 0 Å². The molecule has 6 heteroatoms. The lowest BCUT2D eigenvalue weighted by Crippen LogP contribution is -2.32. The number of rotatable bonds is 6. The zero-order chi connectivity index (χ0) is 21.1. The molecule has 2 aromatic carbocycles. The number of nitrogens with zero attached hydrogens (tertiary/aromatic N) is 2. The summed E-state index contributed by atoms with van der Waals surface area (Å²) in [6.07, 6.45) is 2.52. The first-order valence-electron chi connectivity index (χ1n) is 10.2. The third-order valence-electron chi connectivity index (χ3n) is 5.17. The number of hydrogen-bond acceptors (Lipinski definition) is 4. The third kappa shape index (κ3) is 4.65. The van der Waals surface area contributed by atoms with Crippen LogP contribution in [0, 0.1) is 13.8 Å². The Balaban J connectivity index is 1.59. The van der Waals surface area contributed by atoms with Crippen molar-refractivity contribution in [3.8, 4) is 0 Å². The van der Waals surface area contributed by atoms with Crippen LogP contribution in [0.3, 0.4) is 0 Å². The Bertz CT molecular complexity index is 1120. The molecule has 1 aromatic heterocycles. The number of carbonyl (C=O) groups excluding carboxylic acids is 1. The van der Waals surface area contributed by atoms with E-state index in [-0.39, 0.29) is 18.0 Å². The van der Waals surface area contributed by atoms with Crippen LogP contribution in [0.4, 0.5) is 5.69 Å². The maximum absolute atomic E-state index is 13.1. The lowest BCUT2D eigenvalue weighted by atomic mass is 10.1. The van der Waals surface area contributed by atoms with Gasteiger partial charge in [-0.15, -0.1) is 0 Å². The first-order valence-corrected chi connectivity index (χ1v) is 11.2. The number of thioether (sulfide) groups is 1. The SMILES string of the molecule is Cc1cc(C)cc(NC(=O)Cn2c(SCc3ccccc3)nc3c(c2=O)CCC3)c1. The van der Waals surface area contributed by atoms with Gasteiger partial charge in [-0.3, -0.25) is 14.2 Å². The van der Waals surface area contributed by atoms with Gasteiger partial charge in [-0.05, 0) is 61.9 Å². The quantitative estimate of drug-likeness (QED) is 0.478. The van der Waals surface area contributed by atoms with Crippen molar-refractivity contribution in [3.05, 3.63) is 86.8 Å². The molecule has 1 amide bonds.